The largest absolute Gasteiger partial charge is 0.384 e. The van der Waals surface area contributed by atoms with Gasteiger partial charge < -0.3 is 14.8 Å². The molecule has 3 nitrogen and oxygen atoms in total. The molecule has 0 fully saturated rings. The molecule has 0 aromatic heterocycles. The van der Waals surface area contributed by atoms with Gasteiger partial charge >= 0.3 is 0 Å². The van der Waals surface area contributed by atoms with E-state index < -0.39 is 0 Å². The average Bonchev–Trinajstić information content (AvgIpc) is 2.33. The summed E-state index contributed by atoms with van der Waals surface area (Å²) in [5, 5.41) is 3.52. The Morgan fingerprint density at radius 1 is 1.14 bits per heavy atom. The van der Waals surface area contributed by atoms with E-state index in [0.29, 0.717) is 18.9 Å². The van der Waals surface area contributed by atoms with E-state index >= 15 is 0 Å². The Labute approximate surface area is 137 Å². The highest BCUT2D eigenvalue weighted by molar-refractivity contribution is 5.75. The minimum atomic E-state index is -0.240. The molecular formula is C19H37NO2. The second-order valence-corrected chi connectivity index (χ2v) is 8.11. The lowest BCUT2D eigenvalue weighted by molar-refractivity contribution is -0.118. The Morgan fingerprint density at radius 3 is 2.23 bits per heavy atom. The van der Waals surface area contributed by atoms with Crippen molar-refractivity contribution in [1.29, 1.82) is 0 Å². The quantitative estimate of drug-likeness (QED) is 0.559. The van der Waals surface area contributed by atoms with Crippen LogP contribution in [0.4, 0.5) is 0 Å². The van der Waals surface area contributed by atoms with Crippen molar-refractivity contribution >= 4 is 5.78 Å². The summed E-state index contributed by atoms with van der Waals surface area (Å²) in [5.74, 6) is 0.923. The molecule has 0 saturated carbocycles. The van der Waals surface area contributed by atoms with E-state index in [2.05, 4.69) is 53.4 Å². The second kappa shape index (κ2) is 9.34. The molecule has 0 atom stereocenters. The molecule has 130 valence electrons. The first-order valence-electron chi connectivity index (χ1n) is 8.53. The Hall–Kier alpha value is -0.830. The fourth-order valence-corrected chi connectivity index (χ4v) is 2.20. The predicted octanol–water partition coefficient (Wildman–Crippen LogP) is 4.86. The van der Waals surface area contributed by atoms with Crippen LogP contribution in [0.1, 0.15) is 80.6 Å². The molecule has 0 aromatic carbocycles. The van der Waals surface area contributed by atoms with Crippen LogP contribution < -0.4 is 5.32 Å². The molecular weight excluding hydrogens is 274 g/mol. The van der Waals surface area contributed by atoms with Gasteiger partial charge in [0.1, 0.15) is 5.78 Å². The van der Waals surface area contributed by atoms with Gasteiger partial charge in [0.15, 0.2) is 0 Å². The fourth-order valence-electron chi connectivity index (χ4n) is 2.20. The summed E-state index contributed by atoms with van der Waals surface area (Å²) in [6, 6.07) is 0. The summed E-state index contributed by atoms with van der Waals surface area (Å²) < 4.78 is 5.97. The van der Waals surface area contributed by atoms with Gasteiger partial charge in [-0.15, -0.1) is 0 Å². The summed E-state index contributed by atoms with van der Waals surface area (Å²) in [6.07, 6.45) is 4.46. The average molecular weight is 312 g/mol. The van der Waals surface area contributed by atoms with Crippen molar-refractivity contribution in [1.82, 2.24) is 5.32 Å². The highest BCUT2D eigenvalue weighted by Gasteiger charge is 2.22. The molecule has 0 aliphatic heterocycles. The number of carbonyl (C=O) groups is 1. The maximum atomic E-state index is 11.1. The minimum absolute atomic E-state index is 0.0231. The lowest BCUT2D eigenvalue weighted by Crippen LogP contribution is -2.40. The predicted molar refractivity (Wildman–Crippen MR) is 95.0 cm³/mol. The number of allylic oxidation sites excluding steroid dienone is 1. The standard InChI is InChI=1S/C19H37NO2/c1-15(2)9-10-16(3)20-18(5,6)13-14-22-19(7,8)12-11-17(4)21/h15,20H,3,9-14H2,1-2,4-8H3. The van der Waals surface area contributed by atoms with E-state index in [1.165, 1.54) is 0 Å². The zero-order valence-electron chi connectivity index (χ0n) is 15.8. The topological polar surface area (TPSA) is 38.3 Å². The smallest absolute Gasteiger partial charge is 0.129 e. The van der Waals surface area contributed by atoms with Crippen LogP contribution in [0.3, 0.4) is 0 Å². The normalized spacial score (nSPS) is 12.5. The molecule has 0 bridgehead atoms. The van der Waals surface area contributed by atoms with Crippen LogP contribution >= 0.6 is 0 Å². The van der Waals surface area contributed by atoms with E-state index in [1.54, 1.807) is 6.92 Å². The molecule has 0 radical (unpaired) electrons. The third-order valence-corrected chi connectivity index (χ3v) is 3.84. The van der Waals surface area contributed by atoms with Crippen molar-refractivity contribution in [3.05, 3.63) is 12.3 Å². The van der Waals surface area contributed by atoms with Crippen LogP contribution in [0.15, 0.2) is 12.3 Å². The number of ether oxygens (including phenoxy) is 1. The summed E-state index contributed by atoms with van der Waals surface area (Å²) >= 11 is 0. The summed E-state index contributed by atoms with van der Waals surface area (Å²) in [4.78, 5) is 11.1. The number of ketones is 1. The zero-order chi connectivity index (χ0) is 17.4. The Balaban J connectivity index is 4.10. The number of rotatable bonds is 12. The molecule has 0 aliphatic carbocycles. The van der Waals surface area contributed by atoms with Crippen molar-refractivity contribution in [3.8, 4) is 0 Å². The number of hydrogen-bond donors (Lipinski definition) is 1. The molecule has 0 heterocycles. The third-order valence-electron chi connectivity index (χ3n) is 3.84. The second-order valence-electron chi connectivity index (χ2n) is 8.11. The minimum Gasteiger partial charge on any atom is -0.384 e. The maximum absolute atomic E-state index is 11.1. The van der Waals surface area contributed by atoms with Crippen LogP contribution in [-0.2, 0) is 9.53 Å². The highest BCUT2D eigenvalue weighted by Crippen LogP contribution is 2.20. The molecule has 0 unspecified atom stereocenters. The van der Waals surface area contributed by atoms with Gasteiger partial charge in [0.2, 0.25) is 0 Å². The molecule has 0 aliphatic rings. The van der Waals surface area contributed by atoms with Gasteiger partial charge in [-0.3, -0.25) is 0 Å². The summed E-state index contributed by atoms with van der Waals surface area (Å²) in [5.41, 5.74) is 0.843. The van der Waals surface area contributed by atoms with E-state index in [1.807, 2.05) is 0 Å². The van der Waals surface area contributed by atoms with Crippen molar-refractivity contribution in [2.45, 2.75) is 91.7 Å². The van der Waals surface area contributed by atoms with Crippen LogP contribution in [0, 0.1) is 5.92 Å². The van der Waals surface area contributed by atoms with E-state index in [9.17, 15) is 4.79 Å². The Morgan fingerprint density at radius 2 is 1.73 bits per heavy atom. The van der Waals surface area contributed by atoms with Gasteiger partial charge in [-0.2, -0.15) is 0 Å². The van der Waals surface area contributed by atoms with Crippen LogP contribution in [0.2, 0.25) is 0 Å². The molecule has 3 heteroatoms. The number of hydrogen-bond acceptors (Lipinski definition) is 3. The van der Waals surface area contributed by atoms with Crippen molar-refractivity contribution < 1.29 is 9.53 Å². The van der Waals surface area contributed by atoms with E-state index in [4.69, 9.17) is 4.74 Å². The lowest BCUT2D eigenvalue weighted by atomic mass is 9.98. The molecule has 0 aromatic rings. The number of nitrogens with one attached hydrogen (secondary N) is 1. The first-order valence-corrected chi connectivity index (χ1v) is 8.53. The van der Waals surface area contributed by atoms with Crippen molar-refractivity contribution in [2.24, 2.45) is 5.92 Å². The molecule has 0 saturated heterocycles. The van der Waals surface area contributed by atoms with Gasteiger partial charge in [-0.05, 0) is 66.2 Å². The molecule has 0 spiro atoms. The summed E-state index contributed by atoms with van der Waals surface area (Å²) in [7, 11) is 0. The van der Waals surface area contributed by atoms with Crippen LogP contribution in [-0.4, -0.2) is 23.5 Å². The lowest BCUT2D eigenvalue weighted by Gasteiger charge is -2.31. The van der Waals surface area contributed by atoms with Gasteiger partial charge in [0.25, 0.3) is 0 Å². The van der Waals surface area contributed by atoms with Crippen LogP contribution in [0.5, 0.6) is 0 Å². The van der Waals surface area contributed by atoms with Gasteiger partial charge in [0, 0.05) is 24.3 Å². The Bertz CT molecular complexity index is 356. The first kappa shape index (κ1) is 21.2. The molecule has 0 amide bonds. The first-order chi connectivity index (χ1) is 9.93. The van der Waals surface area contributed by atoms with E-state index in [0.717, 1.165) is 31.4 Å². The zero-order valence-corrected chi connectivity index (χ0v) is 15.8. The van der Waals surface area contributed by atoms with Crippen LogP contribution in [0.25, 0.3) is 0 Å². The highest BCUT2D eigenvalue weighted by atomic mass is 16.5. The molecule has 22 heavy (non-hydrogen) atoms. The number of carbonyl (C=O) groups excluding carboxylic acids is 1. The van der Waals surface area contributed by atoms with Gasteiger partial charge in [0.05, 0.1) is 5.60 Å². The van der Waals surface area contributed by atoms with Crippen molar-refractivity contribution in [3.63, 3.8) is 0 Å². The number of Topliss-reactive ketones (excluding diaryl/α,β-unsaturated/α-hetero) is 1. The fraction of sp³-hybridized carbons (Fsp3) is 0.842. The maximum Gasteiger partial charge on any atom is 0.129 e. The monoisotopic (exact) mass is 311 g/mol. The third kappa shape index (κ3) is 11.8. The molecule has 0 rings (SSSR count). The van der Waals surface area contributed by atoms with Gasteiger partial charge in [-0.1, -0.05) is 20.4 Å². The van der Waals surface area contributed by atoms with Crippen molar-refractivity contribution in [2.75, 3.05) is 6.61 Å². The SMILES string of the molecule is C=C(CCC(C)C)NC(C)(C)CCOC(C)(C)CCC(C)=O. The van der Waals surface area contributed by atoms with Gasteiger partial charge in [-0.25, -0.2) is 0 Å². The summed E-state index contributed by atoms with van der Waals surface area (Å²) in [6.45, 7) is 19.4. The van der Waals surface area contributed by atoms with E-state index in [-0.39, 0.29) is 16.9 Å². The Kier molecular flexibility index (Phi) is 8.99. The molecule has 1 N–H and O–H groups in total.